The van der Waals surface area contributed by atoms with E-state index in [0.29, 0.717) is 54.3 Å². The Bertz CT molecular complexity index is 955. The van der Waals surface area contributed by atoms with Gasteiger partial charge in [-0.1, -0.05) is 23.7 Å². The molecule has 2 aliphatic rings. The maximum Gasteiger partial charge on any atom is 0.260 e. The number of hydrogen-bond donors (Lipinski definition) is 1. The Labute approximate surface area is 192 Å². The SMILES string of the molecule is COc1cc(C(=O)NC(c2ccc(Cl)cc2)C2CC2)ccc1OCC(=O)N1CCOCC1. The van der Waals surface area contributed by atoms with Crippen LogP contribution in [0.15, 0.2) is 42.5 Å². The predicted molar refractivity (Wildman–Crippen MR) is 120 cm³/mol. The molecule has 1 N–H and O–H groups in total. The molecule has 0 radical (unpaired) electrons. The average Bonchev–Trinajstić information content (AvgIpc) is 3.67. The van der Waals surface area contributed by atoms with E-state index in [2.05, 4.69) is 5.32 Å². The summed E-state index contributed by atoms with van der Waals surface area (Å²) >= 11 is 6.01. The lowest BCUT2D eigenvalue weighted by atomic mass is 10.0. The van der Waals surface area contributed by atoms with E-state index in [4.69, 9.17) is 25.8 Å². The van der Waals surface area contributed by atoms with E-state index < -0.39 is 0 Å². The van der Waals surface area contributed by atoms with Crippen LogP contribution in [0.1, 0.15) is 34.8 Å². The summed E-state index contributed by atoms with van der Waals surface area (Å²) in [7, 11) is 1.51. The quantitative estimate of drug-likeness (QED) is 0.655. The van der Waals surface area contributed by atoms with Crippen molar-refractivity contribution in [2.45, 2.75) is 18.9 Å². The zero-order valence-corrected chi connectivity index (χ0v) is 18.8. The highest BCUT2D eigenvalue weighted by molar-refractivity contribution is 6.30. The van der Waals surface area contributed by atoms with Crippen LogP contribution in [0.2, 0.25) is 5.02 Å². The van der Waals surface area contributed by atoms with Crippen LogP contribution in [0.25, 0.3) is 0 Å². The normalized spacial score (nSPS) is 16.9. The van der Waals surface area contributed by atoms with Crippen LogP contribution in [-0.4, -0.2) is 56.7 Å². The van der Waals surface area contributed by atoms with Gasteiger partial charge in [0.2, 0.25) is 0 Å². The van der Waals surface area contributed by atoms with Crippen molar-refractivity contribution < 1.29 is 23.8 Å². The second-order valence-electron chi connectivity index (χ2n) is 7.99. The van der Waals surface area contributed by atoms with Crippen molar-refractivity contribution >= 4 is 23.4 Å². The summed E-state index contributed by atoms with van der Waals surface area (Å²) in [6.07, 6.45) is 2.17. The number of nitrogens with zero attached hydrogens (tertiary/aromatic N) is 1. The second-order valence-corrected chi connectivity index (χ2v) is 8.42. The fourth-order valence-electron chi connectivity index (χ4n) is 3.77. The van der Waals surface area contributed by atoms with Crippen molar-refractivity contribution in [3.63, 3.8) is 0 Å². The van der Waals surface area contributed by atoms with E-state index in [1.165, 1.54) is 7.11 Å². The zero-order valence-electron chi connectivity index (χ0n) is 18.0. The molecular weight excluding hydrogens is 432 g/mol. The first-order valence-electron chi connectivity index (χ1n) is 10.8. The molecule has 8 heteroatoms. The molecule has 2 fully saturated rings. The van der Waals surface area contributed by atoms with Crippen molar-refractivity contribution in [2.75, 3.05) is 40.0 Å². The van der Waals surface area contributed by atoms with Gasteiger partial charge in [0.1, 0.15) is 0 Å². The summed E-state index contributed by atoms with van der Waals surface area (Å²) in [5.41, 5.74) is 1.51. The van der Waals surface area contributed by atoms with Gasteiger partial charge in [-0.15, -0.1) is 0 Å². The van der Waals surface area contributed by atoms with Crippen molar-refractivity contribution in [3.05, 3.63) is 58.6 Å². The number of hydrogen-bond acceptors (Lipinski definition) is 5. The zero-order chi connectivity index (χ0) is 22.5. The van der Waals surface area contributed by atoms with Crippen LogP contribution in [0.5, 0.6) is 11.5 Å². The first kappa shape index (κ1) is 22.4. The number of nitrogens with one attached hydrogen (secondary N) is 1. The van der Waals surface area contributed by atoms with E-state index in [1.807, 2.05) is 24.3 Å². The summed E-state index contributed by atoms with van der Waals surface area (Å²) in [6.45, 7) is 2.11. The summed E-state index contributed by atoms with van der Waals surface area (Å²) in [5, 5.41) is 3.81. The van der Waals surface area contributed by atoms with Gasteiger partial charge in [-0.3, -0.25) is 9.59 Å². The third-order valence-corrected chi connectivity index (χ3v) is 6.00. The number of benzene rings is 2. The highest BCUT2D eigenvalue weighted by Gasteiger charge is 2.33. The van der Waals surface area contributed by atoms with Crippen molar-refractivity contribution in [1.82, 2.24) is 10.2 Å². The second kappa shape index (κ2) is 10.2. The highest BCUT2D eigenvalue weighted by Crippen LogP contribution is 2.41. The van der Waals surface area contributed by atoms with Gasteiger partial charge in [0.25, 0.3) is 11.8 Å². The van der Waals surface area contributed by atoms with Crippen LogP contribution >= 0.6 is 11.6 Å². The molecule has 1 atom stereocenters. The molecule has 0 spiro atoms. The number of morpholine rings is 1. The van der Waals surface area contributed by atoms with Gasteiger partial charge in [0.05, 0.1) is 26.4 Å². The number of amides is 2. The smallest absolute Gasteiger partial charge is 0.260 e. The first-order valence-corrected chi connectivity index (χ1v) is 11.2. The van der Waals surface area contributed by atoms with Gasteiger partial charge in [-0.2, -0.15) is 0 Å². The van der Waals surface area contributed by atoms with Gasteiger partial charge >= 0.3 is 0 Å². The largest absolute Gasteiger partial charge is 0.493 e. The molecule has 1 heterocycles. The van der Waals surface area contributed by atoms with Crippen LogP contribution in [-0.2, 0) is 9.53 Å². The Morgan fingerprint density at radius 2 is 1.84 bits per heavy atom. The van der Waals surface area contributed by atoms with E-state index in [0.717, 1.165) is 18.4 Å². The van der Waals surface area contributed by atoms with E-state index in [-0.39, 0.29) is 24.5 Å². The Balaban J connectivity index is 1.41. The lowest BCUT2D eigenvalue weighted by molar-refractivity contribution is -0.137. The third-order valence-electron chi connectivity index (χ3n) is 5.75. The Morgan fingerprint density at radius 3 is 2.50 bits per heavy atom. The Kier molecular flexibility index (Phi) is 7.17. The maximum atomic E-state index is 13.0. The predicted octanol–water partition coefficient (Wildman–Crippen LogP) is 3.47. The van der Waals surface area contributed by atoms with Crippen LogP contribution < -0.4 is 14.8 Å². The van der Waals surface area contributed by atoms with Gasteiger partial charge in [0, 0.05) is 23.7 Å². The molecule has 4 rings (SSSR count). The van der Waals surface area contributed by atoms with E-state index in [9.17, 15) is 9.59 Å². The summed E-state index contributed by atoms with van der Waals surface area (Å²) in [4.78, 5) is 27.0. The summed E-state index contributed by atoms with van der Waals surface area (Å²) < 4.78 is 16.4. The van der Waals surface area contributed by atoms with Crippen LogP contribution in [0.4, 0.5) is 0 Å². The first-order chi connectivity index (χ1) is 15.5. The number of rotatable bonds is 8. The van der Waals surface area contributed by atoms with Crippen molar-refractivity contribution in [2.24, 2.45) is 5.92 Å². The summed E-state index contributed by atoms with van der Waals surface area (Å²) in [6, 6.07) is 12.5. The van der Waals surface area contributed by atoms with Gasteiger partial charge in [-0.05, 0) is 54.7 Å². The van der Waals surface area contributed by atoms with Gasteiger partial charge in [0.15, 0.2) is 18.1 Å². The molecule has 1 aliphatic heterocycles. The average molecular weight is 459 g/mol. The molecule has 0 aromatic heterocycles. The molecule has 2 amide bonds. The number of carbonyl (C=O) groups is 2. The number of ether oxygens (including phenoxy) is 3. The van der Waals surface area contributed by atoms with E-state index >= 15 is 0 Å². The minimum absolute atomic E-state index is 0.0622. The maximum absolute atomic E-state index is 13.0. The fourth-order valence-corrected chi connectivity index (χ4v) is 3.90. The molecular formula is C24H27ClN2O5. The monoisotopic (exact) mass is 458 g/mol. The number of methoxy groups -OCH3 is 1. The van der Waals surface area contributed by atoms with Crippen LogP contribution in [0.3, 0.4) is 0 Å². The molecule has 2 aromatic rings. The molecule has 0 bridgehead atoms. The topological polar surface area (TPSA) is 77.1 Å². The molecule has 1 aliphatic carbocycles. The molecule has 1 saturated heterocycles. The van der Waals surface area contributed by atoms with Crippen LogP contribution in [0, 0.1) is 5.92 Å². The Hall–Kier alpha value is -2.77. The molecule has 7 nitrogen and oxygen atoms in total. The minimum atomic E-state index is -0.189. The molecule has 1 unspecified atom stereocenters. The van der Waals surface area contributed by atoms with Crippen molar-refractivity contribution in [3.8, 4) is 11.5 Å². The van der Waals surface area contributed by atoms with Gasteiger partial charge < -0.3 is 24.4 Å². The molecule has 170 valence electrons. The number of halogens is 1. The van der Waals surface area contributed by atoms with Crippen molar-refractivity contribution in [1.29, 1.82) is 0 Å². The summed E-state index contributed by atoms with van der Waals surface area (Å²) in [5.74, 6) is 0.957. The Morgan fingerprint density at radius 1 is 1.12 bits per heavy atom. The highest BCUT2D eigenvalue weighted by atomic mass is 35.5. The van der Waals surface area contributed by atoms with Gasteiger partial charge in [-0.25, -0.2) is 0 Å². The van der Waals surface area contributed by atoms with E-state index in [1.54, 1.807) is 23.1 Å². The molecule has 32 heavy (non-hydrogen) atoms. The molecule has 2 aromatic carbocycles. The number of carbonyl (C=O) groups excluding carboxylic acids is 2. The standard InChI is InChI=1S/C24H27ClN2O5/c1-30-21-14-18(6-9-20(21)32-15-22(28)27-10-12-31-13-11-27)24(29)26-23(16-2-3-16)17-4-7-19(25)8-5-17/h4-9,14,16,23H,2-3,10-13,15H2,1H3,(H,26,29). The fraction of sp³-hybridized carbons (Fsp3) is 0.417. The molecule has 1 saturated carbocycles. The lowest BCUT2D eigenvalue weighted by Gasteiger charge is -2.26. The lowest BCUT2D eigenvalue weighted by Crippen LogP contribution is -2.43. The minimum Gasteiger partial charge on any atom is -0.493 e. The third kappa shape index (κ3) is 5.53.